The molecule has 0 atom stereocenters. The maximum absolute atomic E-state index is 10.7. The number of anilines is 1. The summed E-state index contributed by atoms with van der Waals surface area (Å²) in [7, 11) is 2.96. The lowest BCUT2D eigenvalue weighted by Gasteiger charge is -2.11. The van der Waals surface area contributed by atoms with E-state index < -0.39 is 0 Å². The molecule has 0 amide bonds. The summed E-state index contributed by atoms with van der Waals surface area (Å²) < 4.78 is 22.0. The lowest BCUT2D eigenvalue weighted by atomic mass is 10.1. The number of aliphatic hydroxyl groups is 2. The first kappa shape index (κ1) is 28.1. The van der Waals surface area contributed by atoms with E-state index in [0.717, 1.165) is 5.39 Å². The van der Waals surface area contributed by atoms with Crippen molar-refractivity contribution in [1.82, 2.24) is 0 Å². The number of phenols is 1. The van der Waals surface area contributed by atoms with E-state index in [1.807, 2.05) is 0 Å². The molecule has 4 aromatic rings. The van der Waals surface area contributed by atoms with Crippen LogP contribution in [-0.4, -0.2) is 56.0 Å². The number of fused-ring (bicyclic) bond motifs is 1. The number of benzene rings is 4. The Kier molecular flexibility index (Phi) is 9.28. The number of hydrogen-bond donors (Lipinski definition) is 4. The van der Waals surface area contributed by atoms with Crippen LogP contribution in [0.25, 0.3) is 10.8 Å². The third kappa shape index (κ3) is 6.54. The highest BCUT2D eigenvalue weighted by atomic mass is 16.5. The summed E-state index contributed by atoms with van der Waals surface area (Å²) in [6.07, 6.45) is 0. The van der Waals surface area contributed by atoms with Gasteiger partial charge < -0.3 is 40.0 Å². The highest BCUT2D eigenvalue weighted by molar-refractivity contribution is 5.94. The van der Waals surface area contributed by atoms with Crippen LogP contribution >= 0.6 is 0 Å². The summed E-state index contributed by atoms with van der Waals surface area (Å²) >= 11 is 0. The first-order valence-electron chi connectivity index (χ1n) is 12.2. The molecule has 0 fully saturated rings. The Bertz CT molecular complexity index is 1540. The SMILES string of the molecule is COc1cc(OCCO)ccc1N=Nc1cc(OCCO)c(N=Nc2ccc3cc(N)ccc3c2O)cc1OC. The molecule has 0 aliphatic rings. The van der Waals surface area contributed by atoms with Gasteiger partial charge in [0.1, 0.15) is 59.0 Å². The smallest absolute Gasteiger partial charge is 0.150 e. The number of nitrogens with two attached hydrogens (primary N) is 1. The maximum atomic E-state index is 10.7. The minimum atomic E-state index is -0.226. The van der Waals surface area contributed by atoms with E-state index in [1.165, 1.54) is 14.2 Å². The number of ether oxygens (including phenoxy) is 4. The van der Waals surface area contributed by atoms with Crippen molar-refractivity contribution in [1.29, 1.82) is 0 Å². The monoisotopic (exact) mass is 547 g/mol. The van der Waals surface area contributed by atoms with Gasteiger partial charge in [-0.3, -0.25) is 0 Å². The number of nitrogen functional groups attached to an aromatic ring is 1. The zero-order valence-electron chi connectivity index (χ0n) is 21.9. The molecular formula is C28H29N5O7. The fraction of sp³-hybridized carbons (Fsp3) is 0.214. The lowest BCUT2D eigenvalue weighted by molar-refractivity contribution is 0.201. The summed E-state index contributed by atoms with van der Waals surface area (Å²) in [6.45, 7) is -0.191. The molecule has 12 heteroatoms. The maximum Gasteiger partial charge on any atom is 0.150 e. The van der Waals surface area contributed by atoms with Gasteiger partial charge in [-0.05, 0) is 41.8 Å². The molecule has 0 bridgehead atoms. The summed E-state index contributed by atoms with van der Waals surface area (Å²) in [5.74, 6) is 1.48. The molecule has 0 saturated carbocycles. The van der Waals surface area contributed by atoms with E-state index in [-0.39, 0.29) is 49.3 Å². The van der Waals surface area contributed by atoms with E-state index in [2.05, 4.69) is 20.5 Å². The lowest BCUT2D eigenvalue weighted by Crippen LogP contribution is -2.02. The van der Waals surface area contributed by atoms with Crippen LogP contribution < -0.4 is 24.7 Å². The van der Waals surface area contributed by atoms with Gasteiger partial charge in [0, 0.05) is 29.3 Å². The number of nitrogens with zero attached hydrogens (tertiary/aromatic N) is 4. The highest BCUT2D eigenvalue weighted by Gasteiger charge is 2.14. The van der Waals surface area contributed by atoms with Gasteiger partial charge in [-0.1, -0.05) is 6.07 Å². The van der Waals surface area contributed by atoms with Crippen molar-refractivity contribution in [2.45, 2.75) is 0 Å². The first-order chi connectivity index (χ1) is 19.5. The van der Waals surface area contributed by atoms with Crippen LogP contribution in [0.1, 0.15) is 0 Å². The second-order valence-electron chi connectivity index (χ2n) is 8.28. The molecule has 12 nitrogen and oxygen atoms in total. The Morgan fingerprint density at radius 3 is 1.98 bits per heavy atom. The average molecular weight is 548 g/mol. The molecule has 4 rings (SSSR count). The van der Waals surface area contributed by atoms with Crippen molar-refractivity contribution in [2.75, 3.05) is 46.4 Å². The van der Waals surface area contributed by atoms with Crippen molar-refractivity contribution in [3.8, 4) is 28.7 Å². The van der Waals surface area contributed by atoms with Crippen molar-refractivity contribution in [2.24, 2.45) is 20.5 Å². The van der Waals surface area contributed by atoms with E-state index in [1.54, 1.807) is 60.7 Å². The Balaban J connectivity index is 1.67. The number of hydrogen-bond acceptors (Lipinski definition) is 12. The minimum Gasteiger partial charge on any atom is -0.505 e. The Hall–Kier alpha value is -4.94. The fourth-order valence-corrected chi connectivity index (χ4v) is 3.74. The van der Waals surface area contributed by atoms with E-state index >= 15 is 0 Å². The van der Waals surface area contributed by atoms with Crippen LogP contribution in [0, 0.1) is 0 Å². The topological polar surface area (TPSA) is 173 Å². The van der Waals surface area contributed by atoms with Crippen LogP contribution in [0.3, 0.4) is 0 Å². The van der Waals surface area contributed by atoms with Crippen molar-refractivity contribution in [3.63, 3.8) is 0 Å². The summed E-state index contributed by atoms with van der Waals surface area (Å²) in [4.78, 5) is 0. The first-order valence-corrected chi connectivity index (χ1v) is 12.2. The van der Waals surface area contributed by atoms with Crippen LogP contribution in [0.5, 0.6) is 28.7 Å². The van der Waals surface area contributed by atoms with E-state index in [9.17, 15) is 10.2 Å². The summed E-state index contributed by atoms with van der Waals surface area (Å²) in [6, 6.07) is 16.7. The van der Waals surface area contributed by atoms with Crippen LogP contribution in [0.15, 0.2) is 81.1 Å². The van der Waals surface area contributed by atoms with Gasteiger partial charge in [0.15, 0.2) is 5.75 Å². The Labute approximate surface area is 229 Å². The molecule has 0 aliphatic heterocycles. The number of phenolic OH excluding ortho intramolecular Hbond substituents is 1. The summed E-state index contributed by atoms with van der Waals surface area (Å²) in [5, 5.41) is 47.4. The van der Waals surface area contributed by atoms with Crippen molar-refractivity contribution < 1.29 is 34.3 Å². The Morgan fingerprint density at radius 1 is 0.650 bits per heavy atom. The molecule has 5 N–H and O–H groups in total. The zero-order valence-corrected chi connectivity index (χ0v) is 21.9. The minimum absolute atomic E-state index is 0.00277. The zero-order chi connectivity index (χ0) is 28.5. The van der Waals surface area contributed by atoms with Crippen molar-refractivity contribution in [3.05, 3.63) is 60.7 Å². The molecule has 0 saturated heterocycles. The molecule has 0 spiro atoms. The molecule has 40 heavy (non-hydrogen) atoms. The van der Waals surface area contributed by atoms with E-state index in [4.69, 9.17) is 29.8 Å². The van der Waals surface area contributed by atoms with Gasteiger partial charge >= 0.3 is 0 Å². The average Bonchev–Trinajstić information content (AvgIpc) is 2.97. The fourth-order valence-electron chi connectivity index (χ4n) is 3.74. The molecule has 0 unspecified atom stereocenters. The molecule has 208 valence electrons. The van der Waals surface area contributed by atoms with Crippen LogP contribution in [0.4, 0.5) is 28.4 Å². The second-order valence-corrected chi connectivity index (χ2v) is 8.28. The molecule has 0 heterocycles. The Morgan fingerprint density at radius 2 is 1.25 bits per heavy atom. The quantitative estimate of drug-likeness (QED) is 0.129. The number of azo groups is 2. The number of aliphatic hydroxyl groups excluding tert-OH is 2. The molecule has 4 aromatic carbocycles. The van der Waals surface area contributed by atoms with Gasteiger partial charge in [0.2, 0.25) is 0 Å². The third-order valence-corrected chi connectivity index (χ3v) is 5.65. The summed E-state index contributed by atoms with van der Waals surface area (Å²) in [5.41, 5.74) is 7.69. The van der Waals surface area contributed by atoms with E-state index in [0.29, 0.717) is 39.7 Å². The van der Waals surface area contributed by atoms with Gasteiger partial charge in [-0.25, -0.2) is 0 Å². The molecule has 0 aromatic heterocycles. The van der Waals surface area contributed by atoms with Gasteiger partial charge in [-0.2, -0.15) is 0 Å². The highest BCUT2D eigenvalue weighted by Crippen LogP contribution is 2.43. The molecule has 0 radical (unpaired) electrons. The molecular weight excluding hydrogens is 518 g/mol. The number of rotatable bonds is 12. The number of aromatic hydroxyl groups is 1. The predicted molar refractivity (Wildman–Crippen MR) is 150 cm³/mol. The second kappa shape index (κ2) is 13.2. The largest absolute Gasteiger partial charge is 0.505 e. The normalized spacial score (nSPS) is 11.4. The van der Waals surface area contributed by atoms with Gasteiger partial charge in [-0.15, -0.1) is 20.5 Å². The molecule has 0 aliphatic carbocycles. The standard InChI is InChI=1S/C28H29N5O7/c1-37-25-14-19(39-11-9-34)5-8-21(25)30-32-23-16-27(40-12-10-35)24(15-26(23)38-2)33-31-22-7-3-17-13-18(29)4-6-20(17)28(22)36/h3-8,13-16,34-36H,9-12,29H2,1-2H3. The van der Waals surface area contributed by atoms with Crippen LogP contribution in [-0.2, 0) is 0 Å². The predicted octanol–water partition coefficient (Wildman–Crippen LogP) is 5.72. The number of methoxy groups -OCH3 is 2. The van der Waals surface area contributed by atoms with Gasteiger partial charge in [0.05, 0.1) is 27.4 Å². The van der Waals surface area contributed by atoms with Gasteiger partial charge in [0.25, 0.3) is 0 Å². The van der Waals surface area contributed by atoms with Crippen LogP contribution in [0.2, 0.25) is 0 Å². The third-order valence-electron chi connectivity index (χ3n) is 5.65. The van der Waals surface area contributed by atoms with Crippen molar-refractivity contribution >= 4 is 39.2 Å².